The van der Waals surface area contributed by atoms with E-state index >= 15 is 0 Å². The van der Waals surface area contributed by atoms with E-state index in [4.69, 9.17) is 0 Å². The molecule has 2 aromatic carbocycles. The molecule has 0 spiro atoms. The zero-order valence-electron chi connectivity index (χ0n) is 9.69. The predicted octanol–water partition coefficient (Wildman–Crippen LogP) is 3.65. The fourth-order valence-electron chi connectivity index (χ4n) is 2.24. The van der Waals surface area contributed by atoms with Gasteiger partial charge in [-0.3, -0.25) is 4.79 Å². The summed E-state index contributed by atoms with van der Waals surface area (Å²) >= 11 is 0. The molecule has 0 fully saturated rings. The van der Waals surface area contributed by atoms with E-state index in [2.05, 4.69) is 0 Å². The first-order chi connectivity index (χ1) is 8.74. The molecule has 0 bridgehead atoms. The molecule has 1 aliphatic carbocycles. The zero-order valence-corrected chi connectivity index (χ0v) is 9.69. The van der Waals surface area contributed by atoms with Gasteiger partial charge >= 0.3 is 0 Å². The Morgan fingerprint density at radius 1 is 1.06 bits per heavy atom. The third kappa shape index (κ3) is 1.86. The molecule has 0 aliphatic heterocycles. The number of carbonyl (C=O) groups is 1. The van der Waals surface area contributed by atoms with E-state index < -0.39 is 0 Å². The number of ketones is 1. The van der Waals surface area contributed by atoms with E-state index in [1.54, 1.807) is 6.07 Å². The van der Waals surface area contributed by atoms with Crippen LogP contribution in [-0.4, -0.2) is 5.78 Å². The average Bonchev–Trinajstić information content (AvgIpc) is 2.68. The first-order valence-corrected chi connectivity index (χ1v) is 5.83. The number of allylic oxidation sites excluding steroid dienone is 1. The molecule has 1 aliphatic rings. The Labute approximate surface area is 105 Å². The number of Topliss-reactive ketones (excluding diaryl/α,β-unsaturated/α-hetero) is 1. The molecule has 0 heterocycles. The first kappa shape index (κ1) is 10.9. The van der Waals surface area contributed by atoms with Crippen LogP contribution in [-0.2, 0) is 6.42 Å². The maximum Gasteiger partial charge on any atom is 0.189 e. The highest BCUT2D eigenvalue weighted by Gasteiger charge is 2.24. The molecule has 0 saturated heterocycles. The van der Waals surface area contributed by atoms with Crippen LogP contribution in [0, 0.1) is 5.82 Å². The van der Waals surface area contributed by atoms with Crippen LogP contribution in [0.2, 0.25) is 0 Å². The Balaban J connectivity index is 2.00. The molecule has 18 heavy (non-hydrogen) atoms. The average molecular weight is 238 g/mol. The molecule has 0 unspecified atom stereocenters. The van der Waals surface area contributed by atoms with E-state index in [9.17, 15) is 9.18 Å². The molecular weight excluding hydrogens is 227 g/mol. The zero-order chi connectivity index (χ0) is 12.5. The van der Waals surface area contributed by atoms with Crippen molar-refractivity contribution < 1.29 is 9.18 Å². The van der Waals surface area contributed by atoms with Gasteiger partial charge in [0.15, 0.2) is 5.78 Å². The number of halogens is 1. The second-order valence-corrected chi connectivity index (χ2v) is 4.39. The van der Waals surface area contributed by atoms with Gasteiger partial charge in [-0.15, -0.1) is 0 Å². The van der Waals surface area contributed by atoms with Gasteiger partial charge in [-0.25, -0.2) is 4.39 Å². The summed E-state index contributed by atoms with van der Waals surface area (Å²) in [6.07, 6.45) is 2.46. The molecule has 0 atom stereocenters. The van der Waals surface area contributed by atoms with Crippen molar-refractivity contribution in [2.45, 2.75) is 6.42 Å². The Morgan fingerprint density at radius 3 is 2.61 bits per heavy atom. The second-order valence-electron chi connectivity index (χ2n) is 4.39. The van der Waals surface area contributed by atoms with Gasteiger partial charge in [-0.05, 0) is 29.3 Å². The Bertz CT molecular complexity index is 641. The fraction of sp³-hybridized carbons (Fsp3) is 0.0625. The van der Waals surface area contributed by atoms with Crippen molar-refractivity contribution in [3.8, 4) is 0 Å². The Kier molecular flexibility index (Phi) is 2.56. The van der Waals surface area contributed by atoms with Crippen molar-refractivity contribution in [3.05, 3.63) is 76.6 Å². The second kappa shape index (κ2) is 4.22. The monoisotopic (exact) mass is 238 g/mol. The van der Waals surface area contributed by atoms with Crippen LogP contribution >= 0.6 is 0 Å². The summed E-state index contributed by atoms with van der Waals surface area (Å²) in [6.45, 7) is 0. The molecular formula is C16H11FO. The third-order valence-corrected chi connectivity index (χ3v) is 3.13. The number of carbonyl (C=O) groups excluding carboxylic acids is 1. The van der Waals surface area contributed by atoms with Gasteiger partial charge in [0, 0.05) is 17.6 Å². The van der Waals surface area contributed by atoms with Gasteiger partial charge in [-0.1, -0.05) is 36.4 Å². The topological polar surface area (TPSA) is 17.1 Å². The molecule has 0 saturated carbocycles. The molecule has 2 heteroatoms. The van der Waals surface area contributed by atoms with Crippen LogP contribution in [0.4, 0.5) is 4.39 Å². The molecule has 0 N–H and O–H groups in total. The highest BCUT2D eigenvalue weighted by Crippen LogP contribution is 2.28. The Morgan fingerprint density at radius 2 is 1.83 bits per heavy atom. The largest absolute Gasteiger partial charge is 0.289 e. The molecule has 2 aromatic rings. The highest BCUT2D eigenvalue weighted by atomic mass is 19.1. The van der Waals surface area contributed by atoms with Crippen LogP contribution in [0.15, 0.2) is 54.1 Å². The maximum absolute atomic E-state index is 13.1. The van der Waals surface area contributed by atoms with Gasteiger partial charge in [-0.2, -0.15) is 0 Å². The number of benzene rings is 2. The van der Waals surface area contributed by atoms with Crippen molar-refractivity contribution in [3.63, 3.8) is 0 Å². The lowest BCUT2D eigenvalue weighted by Gasteiger charge is -1.95. The van der Waals surface area contributed by atoms with Crippen molar-refractivity contribution in [1.29, 1.82) is 0 Å². The minimum absolute atomic E-state index is 0.0617. The summed E-state index contributed by atoms with van der Waals surface area (Å²) < 4.78 is 13.1. The van der Waals surface area contributed by atoms with E-state index in [0.717, 1.165) is 16.7 Å². The highest BCUT2D eigenvalue weighted by molar-refractivity contribution is 6.15. The normalized spacial score (nSPS) is 16.1. The number of rotatable bonds is 1. The fourth-order valence-corrected chi connectivity index (χ4v) is 2.24. The van der Waals surface area contributed by atoms with Gasteiger partial charge in [0.25, 0.3) is 0 Å². The SMILES string of the molecule is O=C1C(=Cc2ccccc2)Cc2ccc(F)cc21. The van der Waals surface area contributed by atoms with Crippen LogP contribution in [0.25, 0.3) is 6.08 Å². The molecule has 88 valence electrons. The summed E-state index contributed by atoms with van der Waals surface area (Å²) in [4.78, 5) is 12.1. The minimum Gasteiger partial charge on any atom is -0.289 e. The maximum atomic E-state index is 13.1. The lowest BCUT2D eigenvalue weighted by molar-refractivity contribution is 0.104. The molecule has 0 aromatic heterocycles. The summed E-state index contributed by atoms with van der Waals surface area (Å²) in [6, 6.07) is 14.1. The van der Waals surface area contributed by atoms with Gasteiger partial charge < -0.3 is 0 Å². The van der Waals surface area contributed by atoms with Crippen molar-refractivity contribution in [1.82, 2.24) is 0 Å². The van der Waals surface area contributed by atoms with Crippen molar-refractivity contribution in [2.75, 3.05) is 0 Å². The van der Waals surface area contributed by atoms with E-state index in [-0.39, 0.29) is 11.6 Å². The van der Waals surface area contributed by atoms with Gasteiger partial charge in [0.1, 0.15) is 5.82 Å². The number of fused-ring (bicyclic) bond motifs is 1. The minimum atomic E-state index is -0.358. The standard InChI is InChI=1S/C16H11FO/c17-14-7-6-12-9-13(16(18)15(12)10-14)8-11-4-2-1-3-5-11/h1-8,10H,9H2. The third-order valence-electron chi connectivity index (χ3n) is 3.13. The van der Waals surface area contributed by atoms with Crippen molar-refractivity contribution in [2.24, 2.45) is 0 Å². The quantitative estimate of drug-likeness (QED) is 0.693. The number of hydrogen-bond donors (Lipinski definition) is 0. The number of hydrogen-bond acceptors (Lipinski definition) is 1. The molecule has 0 radical (unpaired) electrons. The Hall–Kier alpha value is -2.22. The van der Waals surface area contributed by atoms with Crippen LogP contribution < -0.4 is 0 Å². The lowest BCUT2D eigenvalue weighted by Crippen LogP contribution is -1.95. The van der Waals surface area contributed by atoms with Gasteiger partial charge in [0.05, 0.1) is 0 Å². The summed E-state index contributed by atoms with van der Waals surface area (Å²) in [5.74, 6) is -0.420. The van der Waals surface area contributed by atoms with Crippen LogP contribution in [0.1, 0.15) is 21.5 Å². The lowest BCUT2D eigenvalue weighted by atomic mass is 10.1. The van der Waals surface area contributed by atoms with Gasteiger partial charge in [0.2, 0.25) is 0 Å². The first-order valence-electron chi connectivity index (χ1n) is 5.83. The van der Waals surface area contributed by atoms with Crippen LogP contribution in [0.5, 0.6) is 0 Å². The van der Waals surface area contributed by atoms with Crippen molar-refractivity contribution >= 4 is 11.9 Å². The predicted molar refractivity (Wildman–Crippen MR) is 68.9 cm³/mol. The summed E-state index contributed by atoms with van der Waals surface area (Å²) in [5, 5.41) is 0. The summed E-state index contributed by atoms with van der Waals surface area (Å²) in [7, 11) is 0. The summed E-state index contributed by atoms with van der Waals surface area (Å²) in [5.41, 5.74) is 3.12. The van der Waals surface area contributed by atoms with E-state index in [1.807, 2.05) is 36.4 Å². The van der Waals surface area contributed by atoms with E-state index in [0.29, 0.717) is 12.0 Å². The van der Waals surface area contributed by atoms with E-state index in [1.165, 1.54) is 12.1 Å². The van der Waals surface area contributed by atoms with Crippen LogP contribution in [0.3, 0.4) is 0 Å². The smallest absolute Gasteiger partial charge is 0.189 e. The molecule has 0 amide bonds. The molecule has 1 nitrogen and oxygen atoms in total. The molecule has 3 rings (SSSR count).